The topological polar surface area (TPSA) is 110 Å². The van der Waals surface area contributed by atoms with E-state index < -0.39 is 6.03 Å². The van der Waals surface area contributed by atoms with Crippen molar-refractivity contribution in [3.8, 4) is 0 Å². The quantitative estimate of drug-likeness (QED) is 0.519. The number of hydrogen-bond donors (Lipinski definition) is 4. The Kier molecular flexibility index (Phi) is 4.96. The van der Waals surface area contributed by atoms with Gasteiger partial charge >= 0.3 is 6.03 Å². The maximum Gasteiger partial charge on any atom is 0.312 e. The van der Waals surface area contributed by atoms with Gasteiger partial charge < -0.3 is 22.1 Å². The Labute approximate surface area is 99.4 Å². The van der Waals surface area contributed by atoms with Crippen molar-refractivity contribution in [3.63, 3.8) is 0 Å². The van der Waals surface area contributed by atoms with Gasteiger partial charge in [-0.15, -0.1) is 0 Å². The molecule has 0 fully saturated rings. The van der Waals surface area contributed by atoms with Gasteiger partial charge in [-0.25, -0.2) is 4.79 Å². The molecule has 0 saturated heterocycles. The molecule has 0 saturated carbocycles. The summed E-state index contributed by atoms with van der Waals surface area (Å²) in [4.78, 5) is 22.0. The monoisotopic (exact) mass is 236 g/mol. The van der Waals surface area contributed by atoms with E-state index in [2.05, 4.69) is 10.6 Å². The molecular formula is C11H16N4O2. The first-order chi connectivity index (χ1) is 8.13. The van der Waals surface area contributed by atoms with Crippen molar-refractivity contribution in [2.24, 2.45) is 11.5 Å². The maximum absolute atomic E-state index is 11.6. The molecule has 1 rings (SSSR count). The van der Waals surface area contributed by atoms with E-state index in [0.29, 0.717) is 25.2 Å². The molecule has 0 aliphatic carbocycles. The van der Waals surface area contributed by atoms with Crippen molar-refractivity contribution < 1.29 is 9.59 Å². The smallest absolute Gasteiger partial charge is 0.312 e. The third-order valence-electron chi connectivity index (χ3n) is 2.16. The number of amides is 3. The summed E-state index contributed by atoms with van der Waals surface area (Å²) in [5.41, 5.74) is 11.9. The zero-order valence-electron chi connectivity index (χ0n) is 9.40. The highest BCUT2D eigenvalue weighted by atomic mass is 16.2. The van der Waals surface area contributed by atoms with Crippen LogP contribution < -0.4 is 22.1 Å². The molecule has 0 radical (unpaired) electrons. The van der Waals surface area contributed by atoms with Crippen molar-refractivity contribution in [1.29, 1.82) is 0 Å². The average molecular weight is 236 g/mol. The third kappa shape index (κ3) is 4.52. The lowest BCUT2D eigenvalue weighted by molar-refractivity contribution is 0.0954. The van der Waals surface area contributed by atoms with Gasteiger partial charge in [0.2, 0.25) is 0 Å². The van der Waals surface area contributed by atoms with Crippen LogP contribution in [-0.4, -0.2) is 25.0 Å². The minimum Gasteiger partial charge on any atom is -0.352 e. The summed E-state index contributed by atoms with van der Waals surface area (Å²) in [7, 11) is 0. The maximum atomic E-state index is 11.6. The molecule has 3 amide bonds. The van der Waals surface area contributed by atoms with Crippen LogP contribution in [0.25, 0.3) is 0 Å². The minimum absolute atomic E-state index is 0.195. The lowest BCUT2D eigenvalue weighted by atomic mass is 10.1. The third-order valence-corrected chi connectivity index (χ3v) is 2.16. The molecule has 0 heterocycles. The molecule has 0 aromatic heterocycles. The zero-order valence-corrected chi connectivity index (χ0v) is 9.40. The fourth-order valence-electron chi connectivity index (χ4n) is 1.26. The van der Waals surface area contributed by atoms with Gasteiger partial charge in [-0.2, -0.15) is 0 Å². The summed E-state index contributed by atoms with van der Waals surface area (Å²) in [5.74, 6) is -0.195. The lowest BCUT2D eigenvalue weighted by Crippen LogP contribution is -2.37. The van der Waals surface area contributed by atoms with Crippen LogP contribution >= 0.6 is 0 Å². The van der Waals surface area contributed by atoms with Crippen LogP contribution in [0.5, 0.6) is 0 Å². The molecule has 6 N–H and O–H groups in total. The SMILES string of the molecule is NCc1ccc(C(=O)NCCNC(N)=O)cc1. The number of hydrogen-bond acceptors (Lipinski definition) is 3. The van der Waals surface area contributed by atoms with E-state index in [1.807, 2.05) is 0 Å². The molecule has 1 aromatic carbocycles. The molecule has 0 atom stereocenters. The first kappa shape index (κ1) is 13.0. The lowest BCUT2D eigenvalue weighted by Gasteiger charge is -2.06. The van der Waals surface area contributed by atoms with E-state index in [4.69, 9.17) is 11.5 Å². The Morgan fingerprint density at radius 2 is 1.65 bits per heavy atom. The zero-order chi connectivity index (χ0) is 12.7. The van der Waals surface area contributed by atoms with E-state index in [9.17, 15) is 9.59 Å². The Hall–Kier alpha value is -2.08. The van der Waals surface area contributed by atoms with Gasteiger partial charge in [0.1, 0.15) is 0 Å². The Bertz CT molecular complexity index is 389. The minimum atomic E-state index is -0.605. The van der Waals surface area contributed by atoms with E-state index in [1.165, 1.54) is 0 Å². The molecule has 0 aliphatic heterocycles. The van der Waals surface area contributed by atoms with Crippen LogP contribution in [0, 0.1) is 0 Å². The molecule has 17 heavy (non-hydrogen) atoms. The first-order valence-corrected chi connectivity index (χ1v) is 5.24. The number of benzene rings is 1. The van der Waals surface area contributed by atoms with Gasteiger partial charge in [0.05, 0.1) is 0 Å². The molecule has 0 unspecified atom stereocenters. The molecule has 1 aromatic rings. The second kappa shape index (κ2) is 6.49. The van der Waals surface area contributed by atoms with Gasteiger partial charge in [-0.3, -0.25) is 4.79 Å². The van der Waals surface area contributed by atoms with Gasteiger partial charge in [-0.05, 0) is 17.7 Å². The standard InChI is InChI=1S/C11H16N4O2/c12-7-8-1-3-9(4-2-8)10(16)14-5-6-15-11(13)17/h1-4H,5-7,12H2,(H,14,16)(H3,13,15,17). The number of carbonyl (C=O) groups is 2. The molecular weight excluding hydrogens is 220 g/mol. The highest BCUT2D eigenvalue weighted by Crippen LogP contribution is 2.03. The fourth-order valence-corrected chi connectivity index (χ4v) is 1.26. The number of nitrogens with one attached hydrogen (secondary N) is 2. The highest BCUT2D eigenvalue weighted by molar-refractivity contribution is 5.94. The largest absolute Gasteiger partial charge is 0.352 e. The average Bonchev–Trinajstić information content (AvgIpc) is 2.34. The van der Waals surface area contributed by atoms with E-state index >= 15 is 0 Å². The normalized spacial score (nSPS) is 9.71. The van der Waals surface area contributed by atoms with Crippen LogP contribution in [0.2, 0.25) is 0 Å². The molecule has 6 nitrogen and oxygen atoms in total. The van der Waals surface area contributed by atoms with Crippen LogP contribution in [0.4, 0.5) is 4.79 Å². The van der Waals surface area contributed by atoms with Crippen LogP contribution in [0.15, 0.2) is 24.3 Å². The van der Waals surface area contributed by atoms with Crippen molar-refractivity contribution in [3.05, 3.63) is 35.4 Å². The van der Waals surface area contributed by atoms with E-state index in [0.717, 1.165) is 5.56 Å². The Balaban J connectivity index is 2.38. The van der Waals surface area contributed by atoms with Gasteiger partial charge in [0.15, 0.2) is 0 Å². The summed E-state index contributed by atoms with van der Waals surface area (Å²) >= 11 is 0. The van der Waals surface area contributed by atoms with E-state index in [1.54, 1.807) is 24.3 Å². The van der Waals surface area contributed by atoms with Gasteiger partial charge in [-0.1, -0.05) is 12.1 Å². The number of rotatable bonds is 5. The second-order valence-corrected chi connectivity index (χ2v) is 3.45. The molecule has 6 heteroatoms. The fraction of sp³-hybridized carbons (Fsp3) is 0.273. The van der Waals surface area contributed by atoms with Crippen LogP contribution in [-0.2, 0) is 6.54 Å². The molecule has 0 spiro atoms. The predicted octanol–water partition coefficient (Wildman–Crippen LogP) is -0.457. The Morgan fingerprint density at radius 1 is 1.06 bits per heavy atom. The van der Waals surface area contributed by atoms with Crippen LogP contribution in [0.3, 0.4) is 0 Å². The second-order valence-electron chi connectivity index (χ2n) is 3.45. The summed E-state index contributed by atoms with van der Waals surface area (Å²) in [6.45, 7) is 1.09. The summed E-state index contributed by atoms with van der Waals surface area (Å²) in [6, 6.07) is 6.41. The summed E-state index contributed by atoms with van der Waals surface area (Å²) in [6.07, 6.45) is 0. The summed E-state index contributed by atoms with van der Waals surface area (Å²) in [5, 5.41) is 5.03. The highest BCUT2D eigenvalue weighted by Gasteiger charge is 2.04. The first-order valence-electron chi connectivity index (χ1n) is 5.24. The number of carbonyl (C=O) groups excluding carboxylic acids is 2. The van der Waals surface area contributed by atoms with Gasteiger partial charge in [0, 0.05) is 25.2 Å². The van der Waals surface area contributed by atoms with Gasteiger partial charge in [0.25, 0.3) is 5.91 Å². The molecule has 0 bridgehead atoms. The van der Waals surface area contributed by atoms with Crippen molar-refractivity contribution in [2.75, 3.05) is 13.1 Å². The predicted molar refractivity (Wildman–Crippen MR) is 64.3 cm³/mol. The number of primary amides is 1. The van der Waals surface area contributed by atoms with Crippen molar-refractivity contribution in [2.45, 2.75) is 6.54 Å². The van der Waals surface area contributed by atoms with Crippen molar-refractivity contribution in [1.82, 2.24) is 10.6 Å². The van der Waals surface area contributed by atoms with Crippen molar-refractivity contribution >= 4 is 11.9 Å². The number of urea groups is 1. The van der Waals surface area contributed by atoms with Crippen LogP contribution in [0.1, 0.15) is 15.9 Å². The molecule has 0 aliphatic rings. The Morgan fingerprint density at radius 3 is 2.18 bits per heavy atom. The number of nitrogens with two attached hydrogens (primary N) is 2. The summed E-state index contributed by atoms with van der Waals surface area (Å²) < 4.78 is 0. The molecule has 92 valence electrons. The van der Waals surface area contributed by atoms with E-state index in [-0.39, 0.29) is 5.91 Å².